The van der Waals surface area contributed by atoms with Crippen LogP contribution in [0.5, 0.6) is 0 Å². The predicted octanol–water partition coefficient (Wildman–Crippen LogP) is 2.51. The minimum Gasteiger partial charge on any atom is -0.333 e. The molecule has 4 nitrogen and oxygen atoms in total. The summed E-state index contributed by atoms with van der Waals surface area (Å²) in [5, 5.41) is 0. The lowest BCUT2D eigenvalue weighted by atomic mass is 10.1. The molecule has 0 aliphatic carbocycles. The summed E-state index contributed by atoms with van der Waals surface area (Å²) in [6, 6.07) is 13.3. The number of amides is 1. The fourth-order valence-electron chi connectivity index (χ4n) is 2.22. The Morgan fingerprint density at radius 1 is 1.24 bits per heavy atom. The molecule has 1 aromatic carbocycles. The molecule has 4 heteroatoms. The fourth-order valence-corrected chi connectivity index (χ4v) is 2.22. The SMILES string of the molecule is CCN(Cc1cccc(C)n1)C(=O)c1cccc(CN)c1. The van der Waals surface area contributed by atoms with Crippen LogP contribution in [0.4, 0.5) is 0 Å². The summed E-state index contributed by atoms with van der Waals surface area (Å²) in [6.45, 7) is 5.52. The van der Waals surface area contributed by atoms with E-state index >= 15 is 0 Å². The average Bonchev–Trinajstić information content (AvgIpc) is 2.52. The van der Waals surface area contributed by atoms with Crippen LogP contribution in [0.2, 0.25) is 0 Å². The molecule has 0 radical (unpaired) electrons. The van der Waals surface area contributed by atoms with Crippen molar-refractivity contribution in [3.05, 3.63) is 65.0 Å². The first-order chi connectivity index (χ1) is 10.1. The molecule has 0 fully saturated rings. The van der Waals surface area contributed by atoms with Gasteiger partial charge in [-0.15, -0.1) is 0 Å². The lowest BCUT2D eigenvalue weighted by Gasteiger charge is -2.21. The van der Waals surface area contributed by atoms with Crippen LogP contribution in [-0.4, -0.2) is 22.3 Å². The van der Waals surface area contributed by atoms with Crippen molar-refractivity contribution in [2.24, 2.45) is 5.73 Å². The maximum atomic E-state index is 12.6. The number of hydrogen-bond acceptors (Lipinski definition) is 3. The predicted molar refractivity (Wildman–Crippen MR) is 83.7 cm³/mol. The second-order valence-electron chi connectivity index (χ2n) is 4.99. The van der Waals surface area contributed by atoms with Gasteiger partial charge in [0.2, 0.25) is 0 Å². The quantitative estimate of drug-likeness (QED) is 0.917. The molecule has 21 heavy (non-hydrogen) atoms. The lowest BCUT2D eigenvalue weighted by molar-refractivity contribution is 0.0750. The van der Waals surface area contributed by atoms with E-state index in [4.69, 9.17) is 5.73 Å². The molecular formula is C17H21N3O. The van der Waals surface area contributed by atoms with Gasteiger partial charge >= 0.3 is 0 Å². The largest absolute Gasteiger partial charge is 0.333 e. The third-order valence-corrected chi connectivity index (χ3v) is 3.38. The molecule has 1 heterocycles. The molecule has 1 amide bonds. The van der Waals surface area contributed by atoms with Crippen LogP contribution in [0.1, 0.15) is 34.2 Å². The summed E-state index contributed by atoms with van der Waals surface area (Å²) in [7, 11) is 0. The van der Waals surface area contributed by atoms with Gasteiger partial charge in [-0.2, -0.15) is 0 Å². The van der Waals surface area contributed by atoms with Crippen molar-refractivity contribution in [2.75, 3.05) is 6.54 Å². The molecule has 2 rings (SSSR count). The zero-order valence-electron chi connectivity index (χ0n) is 12.5. The Kier molecular flexibility index (Phi) is 5.06. The van der Waals surface area contributed by atoms with Gasteiger partial charge in [-0.3, -0.25) is 9.78 Å². The number of aromatic nitrogens is 1. The molecule has 2 N–H and O–H groups in total. The first-order valence-electron chi connectivity index (χ1n) is 7.15. The van der Waals surface area contributed by atoms with Gasteiger partial charge in [0.1, 0.15) is 0 Å². The van der Waals surface area contributed by atoms with Gasteiger partial charge in [0.05, 0.1) is 12.2 Å². The molecule has 0 saturated carbocycles. The molecule has 0 atom stereocenters. The van der Waals surface area contributed by atoms with E-state index in [9.17, 15) is 4.79 Å². The molecular weight excluding hydrogens is 262 g/mol. The number of aryl methyl sites for hydroxylation is 1. The molecule has 2 aromatic rings. The highest BCUT2D eigenvalue weighted by molar-refractivity contribution is 5.94. The number of rotatable bonds is 5. The van der Waals surface area contributed by atoms with E-state index < -0.39 is 0 Å². The summed E-state index contributed by atoms with van der Waals surface area (Å²) in [6.07, 6.45) is 0. The van der Waals surface area contributed by atoms with Crippen molar-refractivity contribution < 1.29 is 4.79 Å². The second kappa shape index (κ2) is 6.99. The van der Waals surface area contributed by atoms with Gasteiger partial charge in [-0.1, -0.05) is 18.2 Å². The normalized spacial score (nSPS) is 10.4. The third kappa shape index (κ3) is 3.89. The lowest BCUT2D eigenvalue weighted by Crippen LogP contribution is -2.30. The number of hydrogen-bond donors (Lipinski definition) is 1. The topological polar surface area (TPSA) is 59.2 Å². The third-order valence-electron chi connectivity index (χ3n) is 3.38. The fraction of sp³-hybridized carbons (Fsp3) is 0.294. The van der Waals surface area contributed by atoms with Gasteiger partial charge in [-0.25, -0.2) is 0 Å². The molecule has 0 bridgehead atoms. The minimum atomic E-state index is 0.0103. The summed E-state index contributed by atoms with van der Waals surface area (Å²) in [4.78, 5) is 18.8. The highest BCUT2D eigenvalue weighted by Crippen LogP contribution is 2.11. The second-order valence-corrected chi connectivity index (χ2v) is 4.99. The first kappa shape index (κ1) is 15.2. The van der Waals surface area contributed by atoms with Crippen molar-refractivity contribution in [2.45, 2.75) is 26.9 Å². The van der Waals surface area contributed by atoms with Crippen molar-refractivity contribution in [1.29, 1.82) is 0 Å². The number of nitrogens with zero attached hydrogens (tertiary/aromatic N) is 2. The van der Waals surface area contributed by atoms with Crippen LogP contribution >= 0.6 is 0 Å². The molecule has 1 aromatic heterocycles. The van der Waals surface area contributed by atoms with Crippen LogP contribution in [0.15, 0.2) is 42.5 Å². The van der Waals surface area contributed by atoms with Crippen LogP contribution in [0.3, 0.4) is 0 Å². The standard InChI is InChI=1S/C17H21N3O/c1-3-20(12-16-9-4-6-13(2)19-16)17(21)15-8-5-7-14(10-15)11-18/h4-10H,3,11-12,18H2,1-2H3. The minimum absolute atomic E-state index is 0.0103. The number of benzene rings is 1. The molecule has 0 saturated heterocycles. The Balaban J connectivity index is 2.18. The highest BCUT2D eigenvalue weighted by Gasteiger charge is 2.15. The van der Waals surface area contributed by atoms with E-state index in [1.807, 2.05) is 56.3 Å². The van der Waals surface area contributed by atoms with E-state index in [-0.39, 0.29) is 5.91 Å². The van der Waals surface area contributed by atoms with Crippen LogP contribution in [-0.2, 0) is 13.1 Å². The van der Waals surface area contributed by atoms with Crippen molar-refractivity contribution in [1.82, 2.24) is 9.88 Å². The van der Waals surface area contributed by atoms with Gasteiger partial charge in [0, 0.05) is 24.3 Å². The van der Waals surface area contributed by atoms with Crippen LogP contribution in [0, 0.1) is 6.92 Å². The Morgan fingerprint density at radius 2 is 2.00 bits per heavy atom. The molecule has 0 spiro atoms. The Labute approximate surface area is 125 Å². The summed E-state index contributed by atoms with van der Waals surface area (Å²) in [5.41, 5.74) is 9.13. The van der Waals surface area contributed by atoms with E-state index in [1.165, 1.54) is 0 Å². The Hall–Kier alpha value is -2.20. The van der Waals surface area contributed by atoms with Gasteiger partial charge in [0.15, 0.2) is 0 Å². The summed E-state index contributed by atoms with van der Waals surface area (Å²) in [5.74, 6) is 0.0103. The van der Waals surface area contributed by atoms with Crippen LogP contribution < -0.4 is 5.73 Å². The maximum Gasteiger partial charge on any atom is 0.254 e. The van der Waals surface area contributed by atoms with E-state index in [0.29, 0.717) is 25.2 Å². The van der Waals surface area contributed by atoms with E-state index in [0.717, 1.165) is 17.0 Å². The molecule has 110 valence electrons. The number of carbonyl (C=O) groups excluding carboxylic acids is 1. The highest BCUT2D eigenvalue weighted by atomic mass is 16.2. The first-order valence-corrected chi connectivity index (χ1v) is 7.15. The number of carbonyl (C=O) groups is 1. The van der Waals surface area contributed by atoms with E-state index in [1.54, 1.807) is 4.90 Å². The summed E-state index contributed by atoms with van der Waals surface area (Å²) >= 11 is 0. The smallest absolute Gasteiger partial charge is 0.254 e. The zero-order valence-corrected chi connectivity index (χ0v) is 12.5. The van der Waals surface area contributed by atoms with Crippen molar-refractivity contribution in [3.63, 3.8) is 0 Å². The zero-order chi connectivity index (χ0) is 15.2. The Morgan fingerprint density at radius 3 is 2.67 bits per heavy atom. The van der Waals surface area contributed by atoms with Gasteiger partial charge < -0.3 is 10.6 Å². The van der Waals surface area contributed by atoms with E-state index in [2.05, 4.69) is 4.98 Å². The molecule has 0 aliphatic heterocycles. The van der Waals surface area contributed by atoms with Gasteiger partial charge in [0.25, 0.3) is 5.91 Å². The van der Waals surface area contributed by atoms with Crippen molar-refractivity contribution in [3.8, 4) is 0 Å². The molecule has 0 unspecified atom stereocenters. The van der Waals surface area contributed by atoms with Crippen LogP contribution in [0.25, 0.3) is 0 Å². The average molecular weight is 283 g/mol. The monoisotopic (exact) mass is 283 g/mol. The van der Waals surface area contributed by atoms with Crippen molar-refractivity contribution >= 4 is 5.91 Å². The Bertz CT molecular complexity index is 625. The molecule has 0 aliphatic rings. The number of nitrogens with two attached hydrogens (primary N) is 1. The maximum absolute atomic E-state index is 12.6. The number of pyridine rings is 1. The summed E-state index contributed by atoms with van der Waals surface area (Å²) < 4.78 is 0. The van der Waals surface area contributed by atoms with Gasteiger partial charge in [-0.05, 0) is 43.7 Å².